The number of carbonyl (C=O) groups excluding carboxylic acids is 2. The normalized spacial score (nSPS) is 13.6. The van der Waals surface area contributed by atoms with Crippen LogP contribution in [0.2, 0.25) is 0 Å². The fourth-order valence-corrected chi connectivity index (χ4v) is 2.55. The number of benzene rings is 2. The summed E-state index contributed by atoms with van der Waals surface area (Å²) < 4.78 is 18.6. The van der Waals surface area contributed by atoms with Gasteiger partial charge in [-0.05, 0) is 24.3 Å². The fraction of sp³-hybridized carbons (Fsp3) is 0.222. The van der Waals surface area contributed by atoms with E-state index in [0.717, 1.165) is 0 Å². The van der Waals surface area contributed by atoms with Gasteiger partial charge in [0.1, 0.15) is 0 Å². The second kappa shape index (κ2) is 7.81. The van der Waals surface area contributed by atoms with Gasteiger partial charge in [-0.2, -0.15) is 0 Å². The summed E-state index contributed by atoms with van der Waals surface area (Å²) in [5.41, 5.74) is 0.376. The molecular formula is C18H16FN3O5. The minimum absolute atomic E-state index is 0.00108. The number of non-ortho nitro benzene ring substituents is 1. The van der Waals surface area contributed by atoms with Crippen LogP contribution in [0.4, 0.5) is 15.8 Å². The predicted molar refractivity (Wildman–Crippen MR) is 93.7 cm³/mol. The van der Waals surface area contributed by atoms with Crippen LogP contribution in [-0.4, -0.2) is 41.3 Å². The Hall–Kier alpha value is -3.49. The minimum atomic E-state index is -0.547. The molecule has 8 nitrogen and oxygen atoms in total. The van der Waals surface area contributed by atoms with Crippen molar-refractivity contribution in [1.29, 1.82) is 0 Å². The van der Waals surface area contributed by atoms with Gasteiger partial charge in [-0.25, -0.2) is 4.39 Å². The second-order valence-electron chi connectivity index (χ2n) is 6.01. The maximum absolute atomic E-state index is 13.4. The molecule has 1 saturated heterocycles. The fourth-order valence-electron chi connectivity index (χ4n) is 2.55. The van der Waals surface area contributed by atoms with Gasteiger partial charge in [0, 0.05) is 30.9 Å². The van der Waals surface area contributed by atoms with Crippen molar-refractivity contribution in [2.75, 3.05) is 25.0 Å². The summed E-state index contributed by atoms with van der Waals surface area (Å²) in [4.78, 5) is 35.7. The zero-order chi connectivity index (χ0) is 19.4. The Morgan fingerprint density at radius 3 is 2.48 bits per heavy atom. The van der Waals surface area contributed by atoms with E-state index in [9.17, 15) is 24.1 Å². The first kappa shape index (κ1) is 18.3. The third kappa shape index (κ3) is 4.38. The highest BCUT2D eigenvalue weighted by molar-refractivity contribution is 5.94. The molecule has 1 aliphatic rings. The van der Waals surface area contributed by atoms with Gasteiger partial charge in [-0.1, -0.05) is 12.1 Å². The molecule has 0 aliphatic carbocycles. The van der Waals surface area contributed by atoms with Gasteiger partial charge in [0.05, 0.1) is 10.8 Å². The maximum Gasteiger partial charge on any atom is 0.269 e. The topological polar surface area (TPSA) is 102 Å². The van der Waals surface area contributed by atoms with Crippen molar-refractivity contribution >= 4 is 23.2 Å². The molecule has 1 fully saturated rings. The van der Waals surface area contributed by atoms with Gasteiger partial charge in [0.2, 0.25) is 5.91 Å². The van der Waals surface area contributed by atoms with E-state index in [-0.39, 0.29) is 48.9 Å². The molecule has 0 saturated carbocycles. The molecule has 0 bridgehead atoms. The van der Waals surface area contributed by atoms with E-state index >= 15 is 0 Å². The zero-order valence-electron chi connectivity index (χ0n) is 14.1. The molecule has 2 amide bonds. The lowest BCUT2D eigenvalue weighted by atomic mass is 9.99. The number of rotatable bonds is 6. The standard InChI is InChI=1S/C18H16FN3O5/c19-15-3-1-2-4-16(15)27-11-17(23)21-9-12(10-21)18(24)20-13-5-7-14(8-6-13)22(25)26/h1-8,12H,9-11H2,(H,20,24). The van der Waals surface area contributed by atoms with Crippen LogP contribution in [0.1, 0.15) is 0 Å². The van der Waals surface area contributed by atoms with Crippen molar-refractivity contribution in [3.63, 3.8) is 0 Å². The van der Waals surface area contributed by atoms with E-state index in [2.05, 4.69) is 5.32 Å². The van der Waals surface area contributed by atoms with Crippen molar-refractivity contribution < 1.29 is 23.6 Å². The highest BCUT2D eigenvalue weighted by Crippen LogP contribution is 2.21. The van der Waals surface area contributed by atoms with Crippen LogP contribution in [0.3, 0.4) is 0 Å². The zero-order valence-corrected chi connectivity index (χ0v) is 14.1. The van der Waals surface area contributed by atoms with Crippen molar-refractivity contribution in [1.82, 2.24) is 4.90 Å². The van der Waals surface area contributed by atoms with Crippen LogP contribution < -0.4 is 10.1 Å². The highest BCUT2D eigenvalue weighted by atomic mass is 19.1. The molecule has 9 heteroatoms. The molecule has 0 aromatic heterocycles. The van der Waals surface area contributed by atoms with Crippen molar-refractivity contribution in [2.24, 2.45) is 5.92 Å². The Morgan fingerprint density at radius 2 is 1.85 bits per heavy atom. The average Bonchev–Trinajstić information content (AvgIpc) is 2.60. The van der Waals surface area contributed by atoms with E-state index in [1.54, 1.807) is 6.07 Å². The van der Waals surface area contributed by atoms with Crippen molar-refractivity contribution in [2.45, 2.75) is 0 Å². The summed E-state index contributed by atoms with van der Waals surface area (Å²) in [6, 6.07) is 11.3. The Morgan fingerprint density at radius 1 is 1.19 bits per heavy atom. The lowest BCUT2D eigenvalue weighted by Crippen LogP contribution is -2.55. The summed E-state index contributed by atoms with van der Waals surface area (Å²) in [6.07, 6.45) is 0. The smallest absolute Gasteiger partial charge is 0.269 e. The third-order valence-electron chi connectivity index (χ3n) is 4.14. The van der Waals surface area contributed by atoms with Gasteiger partial charge >= 0.3 is 0 Å². The number of nitro benzene ring substituents is 1. The number of anilines is 1. The molecule has 2 aromatic carbocycles. The van der Waals surface area contributed by atoms with Crippen molar-refractivity contribution in [3.05, 3.63) is 64.5 Å². The number of nitrogens with zero attached hydrogens (tertiary/aromatic N) is 2. The largest absolute Gasteiger partial charge is 0.481 e. The Kier molecular flexibility index (Phi) is 5.30. The number of hydrogen-bond acceptors (Lipinski definition) is 5. The maximum atomic E-state index is 13.4. The number of carbonyl (C=O) groups is 2. The quantitative estimate of drug-likeness (QED) is 0.618. The molecule has 0 radical (unpaired) electrons. The molecule has 0 spiro atoms. The Labute approximate surface area is 153 Å². The number of likely N-dealkylation sites (tertiary alicyclic amines) is 1. The first-order chi connectivity index (χ1) is 12.9. The van der Waals surface area contributed by atoms with Crippen LogP contribution in [0.5, 0.6) is 5.75 Å². The summed E-state index contributed by atoms with van der Waals surface area (Å²) in [6.45, 7) is 0.161. The molecule has 0 atom stereocenters. The third-order valence-corrected chi connectivity index (χ3v) is 4.14. The van der Waals surface area contributed by atoms with E-state index in [1.165, 1.54) is 47.4 Å². The van der Waals surface area contributed by atoms with E-state index < -0.39 is 10.7 Å². The molecular weight excluding hydrogens is 357 g/mol. The van der Waals surface area contributed by atoms with Gasteiger partial charge in [0.25, 0.3) is 11.6 Å². The summed E-state index contributed by atoms with van der Waals surface area (Å²) in [7, 11) is 0. The van der Waals surface area contributed by atoms with Gasteiger partial charge < -0.3 is 15.0 Å². The molecule has 0 unspecified atom stereocenters. The molecule has 3 rings (SSSR count). The molecule has 2 aromatic rings. The lowest BCUT2D eigenvalue weighted by Gasteiger charge is -2.38. The van der Waals surface area contributed by atoms with Crippen LogP contribution in [0.15, 0.2) is 48.5 Å². The van der Waals surface area contributed by atoms with Crippen molar-refractivity contribution in [3.8, 4) is 5.75 Å². The molecule has 140 valence electrons. The summed E-state index contributed by atoms with van der Waals surface area (Å²) in [5.74, 6) is -1.54. The van der Waals surface area contributed by atoms with Crippen LogP contribution in [0.25, 0.3) is 0 Å². The number of halogens is 1. The predicted octanol–water partition coefficient (Wildman–Crippen LogP) is 2.21. The number of ether oxygens (including phenoxy) is 1. The molecule has 27 heavy (non-hydrogen) atoms. The van der Waals surface area contributed by atoms with Crippen LogP contribution in [0, 0.1) is 21.8 Å². The number of nitro groups is 1. The van der Waals surface area contributed by atoms with E-state index in [4.69, 9.17) is 4.74 Å². The van der Waals surface area contributed by atoms with E-state index in [0.29, 0.717) is 5.69 Å². The number of para-hydroxylation sites is 1. The SMILES string of the molecule is O=C(Nc1ccc([N+](=O)[O-])cc1)C1CN(C(=O)COc2ccccc2F)C1. The van der Waals surface area contributed by atoms with Crippen LogP contribution >= 0.6 is 0 Å². The Balaban J connectivity index is 1.44. The average molecular weight is 373 g/mol. The molecule has 1 heterocycles. The first-order valence-corrected chi connectivity index (χ1v) is 8.14. The van der Waals surface area contributed by atoms with E-state index in [1.807, 2.05) is 0 Å². The number of hydrogen-bond donors (Lipinski definition) is 1. The number of amides is 2. The first-order valence-electron chi connectivity index (χ1n) is 8.14. The monoisotopic (exact) mass is 373 g/mol. The highest BCUT2D eigenvalue weighted by Gasteiger charge is 2.35. The van der Waals surface area contributed by atoms with Gasteiger partial charge in [-0.15, -0.1) is 0 Å². The lowest BCUT2D eigenvalue weighted by molar-refractivity contribution is -0.384. The van der Waals surface area contributed by atoms with Crippen LogP contribution in [-0.2, 0) is 9.59 Å². The van der Waals surface area contributed by atoms with Gasteiger partial charge in [0.15, 0.2) is 18.2 Å². The molecule has 1 aliphatic heterocycles. The number of nitrogens with one attached hydrogen (secondary N) is 1. The molecule has 1 N–H and O–H groups in total. The summed E-state index contributed by atoms with van der Waals surface area (Å²) >= 11 is 0. The summed E-state index contributed by atoms with van der Waals surface area (Å²) in [5, 5.41) is 13.3. The van der Waals surface area contributed by atoms with Gasteiger partial charge in [-0.3, -0.25) is 19.7 Å². The Bertz CT molecular complexity index is 866. The second-order valence-corrected chi connectivity index (χ2v) is 6.01. The minimum Gasteiger partial charge on any atom is -0.481 e.